The largest absolute Gasteiger partial charge is 0.369 e. The highest BCUT2D eigenvalue weighted by atomic mass is 32.2. The number of rotatable bonds is 4. The minimum atomic E-state index is -2.90. The van der Waals surface area contributed by atoms with Gasteiger partial charge >= 0.3 is 0 Å². The molecule has 3 heterocycles. The predicted molar refractivity (Wildman–Crippen MR) is 83.4 cm³/mol. The molecule has 2 aliphatic rings. The molecule has 21 heavy (non-hydrogen) atoms. The van der Waals surface area contributed by atoms with Gasteiger partial charge in [0.2, 0.25) is 0 Å². The first-order valence-electron chi connectivity index (χ1n) is 7.67. The molecule has 1 unspecified atom stereocenters. The first-order valence-corrected chi connectivity index (χ1v) is 9.39. The Morgan fingerprint density at radius 3 is 2.71 bits per heavy atom. The molecule has 1 aromatic heterocycles. The van der Waals surface area contributed by atoms with Gasteiger partial charge in [-0.25, -0.2) is 18.4 Å². The Morgan fingerprint density at radius 1 is 1.19 bits per heavy atom. The first kappa shape index (κ1) is 14.6. The highest BCUT2D eigenvalue weighted by molar-refractivity contribution is 7.92. The molecule has 116 valence electrons. The van der Waals surface area contributed by atoms with E-state index in [0.29, 0.717) is 18.1 Å². The second-order valence-corrected chi connectivity index (χ2v) is 8.22. The maximum atomic E-state index is 11.8. The van der Waals surface area contributed by atoms with Crippen molar-refractivity contribution >= 4 is 21.5 Å². The molecule has 2 aliphatic heterocycles. The summed E-state index contributed by atoms with van der Waals surface area (Å²) in [5, 5.41) is 2.89. The predicted octanol–water partition coefficient (Wildman–Crippen LogP) is 1.46. The Bertz CT molecular complexity index is 584. The van der Waals surface area contributed by atoms with Gasteiger partial charge in [-0.1, -0.05) is 0 Å². The summed E-state index contributed by atoms with van der Waals surface area (Å²) in [5.41, 5.74) is 0. The molecule has 1 atom stereocenters. The van der Waals surface area contributed by atoms with Crippen LogP contribution in [0.1, 0.15) is 32.1 Å². The number of hydrogen-bond donors (Lipinski definition) is 1. The lowest BCUT2D eigenvalue weighted by Gasteiger charge is -2.27. The molecule has 2 fully saturated rings. The molecule has 1 aromatic rings. The third-order valence-corrected chi connectivity index (χ3v) is 6.58. The summed E-state index contributed by atoms with van der Waals surface area (Å²) in [7, 11) is -2.90. The zero-order valence-corrected chi connectivity index (χ0v) is 13.0. The van der Waals surface area contributed by atoms with Gasteiger partial charge in [0.05, 0.1) is 11.0 Å². The minimum absolute atomic E-state index is 0.272. The Morgan fingerprint density at radius 2 is 2.00 bits per heavy atom. The van der Waals surface area contributed by atoms with Gasteiger partial charge in [-0.3, -0.25) is 0 Å². The van der Waals surface area contributed by atoms with Gasteiger partial charge in [-0.05, 0) is 32.1 Å². The van der Waals surface area contributed by atoms with E-state index >= 15 is 0 Å². The topological polar surface area (TPSA) is 75.2 Å². The number of piperidine rings is 1. The summed E-state index contributed by atoms with van der Waals surface area (Å²) in [6, 6.07) is 1.92. The monoisotopic (exact) mass is 310 g/mol. The van der Waals surface area contributed by atoms with Crippen molar-refractivity contribution in [3.8, 4) is 0 Å². The fourth-order valence-electron chi connectivity index (χ4n) is 3.05. The smallest absolute Gasteiger partial charge is 0.154 e. The van der Waals surface area contributed by atoms with Crippen LogP contribution in [-0.2, 0) is 9.84 Å². The van der Waals surface area contributed by atoms with Crippen LogP contribution in [0.4, 0.5) is 11.6 Å². The average molecular weight is 310 g/mol. The second-order valence-electron chi connectivity index (χ2n) is 5.82. The van der Waals surface area contributed by atoms with Crippen molar-refractivity contribution in [2.75, 3.05) is 35.6 Å². The Balaban J connectivity index is 1.63. The van der Waals surface area contributed by atoms with Gasteiger partial charge in [0.25, 0.3) is 0 Å². The van der Waals surface area contributed by atoms with Crippen LogP contribution in [0.25, 0.3) is 0 Å². The van der Waals surface area contributed by atoms with Crippen molar-refractivity contribution < 1.29 is 8.42 Å². The van der Waals surface area contributed by atoms with Crippen LogP contribution in [-0.4, -0.2) is 49.0 Å². The summed E-state index contributed by atoms with van der Waals surface area (Å²) < 4.78 is 23.6. The fraction of sp³-hybridized carbons (Fsp3) is 0.714. The molecule has 0 saturated carbocycles. The maximum Gasteiger partial charge on any atom is 0.154 e. The van der Waals surface area contributed by atoms with E-state index in [-0.39, 0.29) is 5.25 Å². The van der Waals surface area contributed by atoms with Gasteiger partial charge in [-0.15, -0.1) is 0 Å². The lowest BCUT2D eigenvalue weighted by Crippen LogP contribution is -2.30. The lowest BCUT2D eigenvalue weighted by atomic mass is 10.1. The molecule has 0 spiro atoms. The van der Waals surface area contributed by atoms with Crippen LogP contribution >= 0.6 is 0 Å². The molecule has 1 N–H and O–H groups in total. The van der Waals surface area contributed by atoms with Crippen LogP contribution in [0.5, 0.6) is 0 Å². The third kappa shape index (κ3) is 3.45. The van der Waals surface area contributed by atoms with Crippen molar-refractivity contribution in [1.82, 2.24) is 9.97 Å². The van der Waals surface area contributed by atoms with Gasteiger partial charge in [0.1, 0.15) is 18.0 Å². The molecule has 2 saturated heterocycles. The van der Waals surface area contributed by atoms with E-state index in [1.807, 2.05) is 6.07 Å². The maximum absolute atomic E-state index is 11.8. The number of anilines is 2. The van der Waals surface area contributed by atoms with Crippen LogP contribution < -0.4 is 10.2 Å². The van der Waals surface area contributed by atoms with Gasteiger partial charge < -0.3 is 10.2 Å². The average Bonchev–Trinajstić information content (AvgIpc) is 2.85. The number of hydrogen-bond acceptors (Lipinski definition) is 6. The molecular weight excluding hydrogens is 288 g/mol. The van der Waals surface area contributed by atoms with E-state index in [1.165, 1.54) is 19.3 Å². The second kappa shape index (κ2) is 6.17. The fourth-order valence-corrected chi connectivity index (χ4v) is 4.81. The van der Waals surface area contributed by atoms with E-state index in [2.05, 4.69) is 20.2 Å². The first-order chi connectivity index (χ1) is 10.1. The van der Waals surface area contributed by atoms with Crippen molar-refractivity contribution in [1.29, 1.82) is 0 Å². The van der Waals surface area contributed by atoms with Gasteiger partial charge in [0.15, 0.2) is 9.84 Å². The van der Waals surface area contributed by atoms with E-state index < -0.39 is 9.84 Å². The van der Waals surface area contributed by atoms with Crippen molar-refractivity contribution in [2.45, 2.75) is 37.4 Å². The van der Waals surface area contributed by atoms with E-state index in [1.54, 1.807) is 6.33 Å². The number of sulfone groups is 1. The van der Waals surface area contributed by atoms with E-state index in [4.69, 9.17) is 0 Å². The molecule has 0 radical (unpaired) electrons. The van der Waals surface area contributed by atoms with Crippen LogP contribution in [0, 0.1) is 0 Å². The van der Waals surface area contributed by atoms with Crippen LogP contribution in [0.3, 0.4) is 0 Å². The molecule has 0 aliphatic carbocycles. The van der Waals surface area contributed by atoms with Crippen molar-refractivity contribution in [2.24, 2.45) is 0 Å². The standard InChI is InChI=1S/C14H22N4O2S/c19-21(20)8-4-5-12(21)10-15-13-9-14(17-11-16-13)18-6-2-1-3-7-18/h9,11-12H,1-8,10H2,(H,15,16,17). The third-order valence-electron chi connectivity index (χ3n) is 4.31. The zero-order valence-electron chi connectivity index (χ0n) is 12.2. The number of nitrogens with one attached hydrogen (secondary N) is 1. The molecule has 0 bridgehead atoms. The van der Waals surface area contributed by atoms with Crippen molar-refractivity contribution in [3.63, 3.8) is 0 Å². The molecule has 3 rings (SSSR count). The number of aromatic nitrogens is 2. The summed E-state index contributed by atoms with van der Waals surface area (Å²) in [4.78, 5) is 10.8. The molecule has 7 heteroatoms. The lowest BCUT2D eigenvalue weighted by molar-refractivity contribution is 0.573. The molecule has 6 nitrogen and oxygen atoms in total. The van der Waals surface area contributed by atoms with Crippen LogP contribution in [0.2, 0.25) is 0 Å². The Kier molecular flexibility index (Phi) is 4.28. The minimum Gasteiger partial charge on any atom is -0.369 e. The SMILES string of the molecule is O=S1(=O)CCCC1CNc1cc(N2CCCCC2)ncn1. The molecular formula is C14H22N4O2S. The van der Waals surface area contributed by atoms with E-state index in [9.17, 15) is 8.42 Å². The molecule has 0 amide bonds. The number of nitrogens with zero attached hydrogens (tertiary/aromatic N) is 3. The highest BCUT2D eigenvalue weighted by Gasteiger charge is 2.30. The van der Waals surface area contributed by atoms with Gasteiger partial charge in [0, 0.05) is 25.7 Å². The Labute approximate surface area is 125 Å². The summed E-state index contributed by atoms with van der Waals surface area (Å²) in [5.74, 6) is 1.97. The highest BCUT2D eigenvalue weighted by Crippen LogP contribution is 2.22. The summed E-state index contributed by atoms with van der Waals surface area (Å²) >= 11 is 0. The van der Waals surface area contributed by atoms with Crippen LogP contribution in [0.15, 0.2) is 12.4 Å². The Hall–Kier alpha value is -1.37. The van der Waals surface area contributed by atoms with Crippen molar-refractivity contribution in [3.05, 3.63) is 12.4 Å². The summed E-state index contributed by atoms with van der Waals surface area (Å²) in [6.45, 7) is 2.51. The normalized spacial score (nSPS) is 25.0. The zero-order chi connectivity index (χ0) is 14.7. The summed E-state index contributed by atoms with van der Waals surface area (Å²) in [6.07, 6.45) is 6.76. The van der Waals surface area contributed by atoms with E-state index in [0.717, 1.165) is 31.7 Å². The van der Waals surface area contributed by atoms with Gasteiger partial charge in [-0.2, -0.15) is 0 Å². The quantitative estimate of drug-likeness (QED) is 0.907. The molecule has 0 aromatic carbocycles.